The van der Waals surface area contributed by atoms with Crippen LogP contribution >= 0.6 is 11.6 Å². The van der Waals surface area contributed by atoms with Gasteiger partial charge in [0.2, 0.25) is 0 Å². The van der Waals surface area contributed by atoms with Crippen molar-refractivity contribution in [3.63, 3.8) is 0 Å². The van der Waals surface area contributed by atoms with Gasteiger partial charge in [0.15, 0.2) is 5.65 Å². The Hall–Kier alpha value is -1.62. The van der Waals surface area contributed by atoms with Crippen LogP contribution in [0.1, 0.15) is 31.7 Å². The van der Waals surface area contributed by atoms with Crippen LogP contribution in [0.15, 0.2) is 18.3 Å². The number of rotatable bonds is 2. The van der Waals surface area contributed by atoms with E-state index in [2.05, 4.69) is 10.1 Å². The molecule has 0 atom stereocenters. The average molecular weight is 280 g/mol. The van der Waals surface area contributed by atoms with E-state index in [4.69, 9.17) is 16.7 Å². The normalized spacial score (nSPS) is 23.6. The van der Waals surface area contributed by atoms with Gasteiger partial charge in [0.05, 0.1) is 12.0 Å². The summed E-state index contributed by atoms with van der Waals surface area (Å²) in [5.41, 5.74) is 0.646. The molecule has 0 radical (unpaired) electrons. The number of carboxylic acids is 1. The zero-order valence-corrected chi connectivity index (χ0v) is 11.0. The molecule has 1 aliphatic rings. The molecule has 0 aliphatic heterocycles. The molecule has 5 nitrogen and oxygen atoms in total. The third kappa shape index (κ3) is 2.42. The molecule has 1 fully saturated rings. The summed E-state index contributed by atoms with van der Waals surface area (Å²) in [5.74, 6) is -0.883. The molecule has 1 aliphatic carbocycles. The zero-order valence-electron chi connectivity index (χ0n) is 10.3. The van der Waals surface area contributed by atoms with Gasteiger partial charge in [-0.3, -0.25) is 9.48 Å². The van der Waals surface area contributed by atoms with Gasteiger partial charge in [-0.1, -0.05) is 11.6 Å². The Labute approximate surface area is 115 Å². The summed E-state index contributed by atoms with van der Waals surface area (Å²) < 4.78 is 1.91. The molecular weight excluding hydrogens is 266 g/mol. The van der Waals surface area contributed by atoms with Crippen molar-refractivity contribution in [2.45, 2.75) is 31.7 Å². The van der Waals surface area contributed by atoms with Crippen LogP contribution in [-0.2, 0) is 4.79 Å². The molecule has 19 heavy (non-hydrogen) atoms. The van der Waals surface area contributed by atoms with Crippen LogP contribution in [0.4, 0.5) is 0 Å². The lowest BCUT2D eigenvalue weighted by Gasteiger charge is -2.26. The van der Waals surface area contributed by atoms with E-state index in [0.29, 0.717) is 23.6 Å². The average Bonchev–Trinajstić information content (AvgIpc) is 2.81. The molecule has 3 rings (SSSR count). The zero-order chi connectivity index (χ0) is 13.4. The minimum absolute atomic E-state index is 0.200. The number of nitrogens with zero attached hydrogens (tertiary/aromatic N) is 3. The fraction of sp³-hybridized carbons (Fsp3) is 0.462. The molecule has 2 aromatic rings. The molecule has 2 heterocycles. The number of hydrogen-bond acceptors (Lipinski definition) is 3. The summed E-state index contributed by atoms with van der Waals surface area (Å²) in [5, 5.41) is 14.8. The quantitative estimate of drug-likeness (QED) is 0.858. The Bertz CT molecular complexity index is 617. The van der Waals surface area contributed by atoms with Gasteiger partial charge in [-0.2, -0.15) is 5.10 Å². The number of aromatic nitrogens is 3. The fourth-order valence-electron chi connectivity index (χ4n) is 2.67. The van der Waals surface area contributed by atoms with Gasteiger partial charge in [-0.15, -0.1) is 0 Å². The maximum atomic E-state index is 10.9. The number of carboxylic acid groups (broad SMARTS) is 1. The van der Waals surface area contributed by atoms with Crippen LogP contribution in [0.3, 0.4) is 0 Å². The van der Waals surface area contributed by atoms with Gasteiger partial charge in [-0.05, 0) is 37.8 Å². The topological polar surface area (TPSA) is 68.0 Å². The highest BCUT2D eigenvalue weighted by atomic mass is 35.5. The van der Waals surface area contributed by atoms with E-state index < -0.39 is 5.97 Å². The molecule has 6 heteroatoms. The highest BCUT2D eigenvalue weighted by Crippen LogP contribution is 2.32. The summed E-state index contributed by atoms with van der Waals surface area (Å²) >= 11 is 5.84. The summed E-state index contributed by atoms with van der Waals surface area (Å²) in [4.78, 5) is 15.1. The lowest BCUT2D eigenvalue weighted by atomic mass is 9.86. The SMILES string of the molecule is O=C(O)C1CCC(n2cc3ccc(Cl)nc3n2)CC1. The molecular formula is C13H14ClN3O2. The van der Waals surface area contributed by atoms with Gasteiger partial charge >= 0.3 is 5.97 Å². The molecule has 0 saturated heterocycles. The summed E-state index contributed by atoms with van der Waals surface area (Å²) in [6, 6.07) is 3.91. The highest BCUT2D eigenvalue weighted by molar-refractivity contribution is 6.29. The smallest absolute Gasteiger partial charge is 0.306 e. The van der Waals surface area contributed by atoms with Crippen molar-refractivity contribution < 1.29 is 9.90 Å². The van der Waals surface area contributed by atoms with E-state index >= 15 is 0 Å². The largest absolute Gasteiger partial charge is 0.481 e. The molecule has 2 aromatic heterocycles. The minimum Gasteiger partial charge on any atom is -0.481 e. The Morgan fingerprint density at radius 2 is 2.05 bits per heavy atom. The van der Waals surface area contributed by atoms with E-state index in [1.54, 1.807) is 6.07 Å². The van der Waals surface area contributed by atoms with E-state index in [-0.39, 0.29) is 12.0 Å². The lowest BCUT2D eigenvalue weighted by molar-refractivity contribution is -0.143. The predicted octanol–water partition coefficient (Wildman–Crippen LogP) is 2.90. The molecule has 0 unspecified atom stereocenters. The standard InChI is InChI=1S/C13H14ClN3O2/c14-11-6-3-9-7-17(16-12(9)15-11)10-4-1-8(2-5-10)13(18)19/h3,6-8,10H,1-2,4-5H2,(H,18,19). The monoisotopic (exact) mass is 279 g/mol. The molecule has 0 amide bonds. The predicted molar refractivity (Wildman–Crippen MR) is 71.2 cm³/mol. The second kappa shape index (κ2) is 4.81. The Morgan fingerprint density at radius 1 is 1.32 bits per heavy atom. The second-order valence-corrected chi connectivity index (χ2v) is 5.39. The summed E-state index contributed by atoms with van der Waals surface area (Å²) in [6.07, 6.45) is 5.08. The first-order valence-corrected chi connectivity index (χ1v) is 6.75. The number of halogens is 1. The first kappa shape index (κ1) is 12.4. The minimum atomic E-state index is -0.683. The van der Waals surface area contributed by atoms with Crippen molar-refractivity contribution >= 4 is 28.6 Å². The second-order valence-electron chi connectivity index (χ2n) is 5.00. The first-order chi connectivity index (χ1) is 9.13. The third-order valence-corrected chi connectivity index (χ3v) is 3.98. The van der Waals surface area contributed by atoms with Gasteiger partial charge in [0.25, 0.3) is 0 Å². The summed E-state index contributed by atoms with van der Waals surface area (Å²) in [6.45, 7) is 0. The van der Waals surface area contributed by atoms with E-state index in [1.165, 1.54) is 0 Å². The Morgan fingerprint density at radius 3 is 2.74 bits per heavy atom. The van der Waals surface area contributed by atoms with E-state index in [1.807, 2.05) is 16.9 Å². The lowest BCUT2D eigenvalue weighted by Crippen LogP contribution is -2.23. The molecule has 100 valence electrons. The van der Waals surface area contributed by atoms with Crippen molar-refractivity contribution in [2.75, 3.05) is 0 Å². The van der Waals surface area contributed by atoms with Crippen molar-refractivity contribution in [2.24, 2.45) is 5.92 Å². The number of pyridine rings is 1. The van der Waals surface area contributed by atoms with Crippen molar-refractivity contribution in [3.05, 3.63) is 23.5 Å². The van der Waals surface area contributed by atoms with E-state index in [9.17, 15) is 4.79 Å². The third-order valence-electron chi connectivity index (χ3n) is 3.77. The number of carbonyl (C=O) groups is 1. The van der Waals surface area contributed by atoms with Gasteiger partial charge in [0, 0.05) is 11.6 Å². The van der Waals surface area contributed by atoms with Gasteiger partial charge in [0.1, 0.15) is 5.15 Å². The molecule has 0 aromatic carbocycles. The molecule has 1 saturated carbocycles. The molecule has 0 bridgehead atoms. The fourth-order valence-corrected chi connectivity index (χ4v) is 2.82. The maximum Gasteiger partial charge on any atom is 0.306 e. The van der Waals surface area contributed by atoms with E-state index in [0.717, 1.165) is 18.2 Å². The number of aliphatic carboxylic acids is 1. The van der Waals surface area contributed by atoms with Crippen LogP contribution in [-0.4, -0.2) is 25.8 Å². The van der Waals surface area contributed by atoms with Gasteiger partial charge < -0.3 is 5.11 Å². The van der Waals surface area contributed by atoms with Crippen LogP contribution in [0, 0.1) is 5.92 Å². The van der Waals surface area contributed by atoms with Crippen LogP contribution in [0.5, 0.6) is 0 Å². The van der Waals surface area contributed by atoms with Crippen LogP contribution in [0.25, 0.3) is 11.0 Å². The van der Waals surface area contributed by atoms with Crippen molar-refractivity contribution in [1.82, 2.24) is 14.8 Å². The maximum absolute atomic E-state index is 10.9. The summed E-state index contributed by atoms with van der Waals surface area (Å²) in [7, 11) is 0. The highest BCUT2D eigenvalue weighted by Gasteiger charge is 2.27. The van der Waals surface area contributed by atoms with Crippen LogP contribution in [0.2, 0.25) is 5.15 Å². The number of fused-ring (bicyclic) bond motifs is 1. The van der Waals surface area contributed by atoms with Crippen molar-refractivity contribution in [3.8, 4) is 0 Å². The number of hydrogen-bond donors (Lipinski definition) is 1. The molecule has 0 spiro atoms. The van der Waals surface area contributed by atoms with Crippen molar-refractivity contribution in [1.29, 1.82) is 0 Å². The first-order valence-electron chi connectivity index (χ1n) is 6.37. The van der Waals surface area contributed by atoms with Crippen LogP contribution < -0.4 is 0 Å². The Kier molecular flexibility index (Phi) is 3.14. The molecule has 1 N–H and O–H groups in total. The Balaban J connectivity index is 1.80. The van der Waals surface area contributed by atoms with Gasteiger partial charge in [-0.25, -0.2) is 4.98 Å².